The van der Waals surface area contributed by atoms with Crippen molar-refractivity contribution in [2.24, 2.45) is 5.92 Å². The molecule has 1 saturated heterocycles. The molecule has 0 spiro atoms. The van der Waals surface area contributed by atoms with Gasteiger partial charge in [-0.3, -0.25) is 0 Å². The molecule has 3 heteroatoms. The van der Waals surface area contributed by atoms with Gasteiger partial charge < -0.3 is 10.1 Å². The molecule has 0 radical (unpaired) electrons. The second kappa shape index (κ2) is 6.88. The molecule has 1 aliphatic rings. The summed E-state index contributed by atoms with van der Waals surface area (Å²) < 4.78 is 5.43. The van der Waals surface area contributed by atoms with Gasteiger partial charge in [0.15, 0.2) is 0 Å². The molecule has 1 fully saturated rings. The van der Waals surface area contributed by atoms with E-state index in [2.05, 4.69) is 56.1 Å². The second-order valence-corrected chi connectivity index (χ2v) is 12.1. The summed E-state index contributed by atoms with van der Waals surface area (Å²) in [7, 11) is -1.16. The summed E-state index contributed by atoms with van der Waals surface area (Å²) >= 11 is 0. The fourth-order valence-corrected chi connectivity index (χ4v) is 3.95. The molecule has 1 aliphatic heterocycles. The number of hydrogen-bond donors (Lipinski definition) is 1. The lowest BCUT2D eigenvalue weighted by Crippen LogP contribution is -2.38. The Morgan fingerprint density at radius 3 is 2.30 bits per heavy atom. The average molecular weight is 292 g/mol. The Labute approximate surface area is 124 Å². The SMILES string of the molecule is CC(NCc1ccc([Si](C)(C)C)cc1)C1CCOCC1. The van der Waals surface area contributed by atoms with Crippen molar-refractivity contribution >= 4 is 13.3 Å². The van der Waals surface area contributed by atoms with Crippen molar-refractivity contribution < 1.29 is 4.74 Å². The highest BCUT2D eigenvalue weighted by molar-refractivity contribution is 6.88. The summed E-state index contributed by atoms with van der Waals surface area (Å²) in [5, 5.41) is 5.22. The first-order valence-electron chi connectivity index (χ1n) is 7.87. The fourth-order valence-electron chi connectivity index (χ4n) is 2.78. The molecule has 1 atom stereocenters. The van der Waals surface area contributed by atoms with Crippen molar-refractivity contribution in [1.29, 1.82) is 0 Å². The predicted octanol–water partition coefficient (Wildman–Crippen LogP) is 3.14. The van der Waals surface area contributed by atoms with E-state index < -0.39 is 8.07 Å². The van der Waals surface area contributed by atoms with Crippen LogP contribution in [0.4, 0.5) is 0 Å². The zero-order chi connectivity index (χ0) is 14.6. The lowest BCUT2D eigenvalue weighted by atomic mass is 9.93. The van der Waals surface area contributed by atoms with E-state index in [1.807, 2.05) is 0 Å². The molecule has 20 heavy (non-hydrogen) atoms. The van der Waals surface area contributed by atoms with E-state index in [4.69, 9.17) is 4.74 Å². The quantitative estimate of drug-likeness (QED) is 0.842. The van der Waals surface area contributed by atoms with E-state index in [0.29, 0.717) is 6.04 Å². The molecular formula is C17H29NOSi. The number of hydrogen-bond acceptors (Lipinski definition) is 2. The highest BCUT2D eigenvalue weighted by Crippen LogP contribution is 2.18. The van der Waals surface area contributed by atoms with E-state index >= 15 is 0 Å². The maximum atomic E-state index is 5.43. The van der Waals surface area contributed by atoms with Gasteiger partial charge in [-0.05, 0) is 31.2 Å². The molecule has 1 N–H and O–H groups in total. The van der Waals surface area contributed by atoms with Crippen LogP contribution in [0.3, 0.4) is 0 Å². The van der Waals surface area contributed by atoms with Crippen LogP contribution in [0.1, 0.15) is 25.3 Å². The molecular weight excluding hydrogens is 262 g/mol. The topological polar surface area (TPSA) is 21.3 Å². The Balaban J connectivity index is 1.84. The molecule has 1 heterocycles. The van der Waals surface area contributed by atoms with Gasteiger partial charge in [0.1, 0.15) is 0 Å². The van der Waals surface area contributed by atoms with E-state index in [9.17, 15) is 0 Å². The zero-order valence-electron chi connectivity index (χ0n) is 13.4. The summed E-state index contributed by atoms with van der Waals surface area (Å²) in [6.07, 6.45) is 2.39. The van der Waals surface area contributed by atoms with Crippen molar-refractivity contribution in [2.75, 3.05) is 13.2 Å². The first-order valence-corrected chi connectivity index (χ1v) is 11.4. The van der Waals surface area contributed by atoms with Crippen LogP contribution in [0.25, 0.3) is 0 Å². The third-order valence-corrected chi connectivity index (χ3v) is 6.49. The van der Waals surface area contributed by atoms with Gasteiger partial charge in [-0.25, -0.2) is 0 Å². The number of nitrogens with one attached hydrogen (secondary N) is 1. The smallest absolute Gasteiger partial charge is 0.0775 e. The third-order valence-electron chi connectivity index (χ3n) is 4.42. The monoisotopic (exact) mass is 291 g/mol. The average Bonchev–Trinajstić information content (AvgIpc) is 2.45. The van der Waals surface area contributed by atoms with Crippen LogP contribution >= 0.6 is 0 Å². The molecule has 0 saturated carbocycles. The van der Waals surface area contributed by atoms with Crippen LogP contribution in [0.2, 0.25) is 19.6 Å². The van der Waals surface area contributed by atoms with Gasteiger partial charge in [0.05, 0.1) is 8.07 Å². The van der Waals surface area contributed by atoms with Gasteiger partial charge in [0.25, 0.3) is 0 Å². The molecule has 0 aromatic heterocycles. The summed E-state index contributed by atoms with van der Waals surface area (Å²) in [5.41, 5.74) is 1.39. The standard InChI is InChI=1S/C17H29NOSi/c1-14(16-9-11-19-12-10-16)18-13-15-5-7-17(8-6-15)20(2,3)4/h5-8,14,16,18H,9-13H2,1-4H3. The predicted molar refractivity (Wildman–Crippen MR) is 89.3 cm³/mol. The molecule has 1 aromatic carbocycles. The van der Waals surface area contributed by atoms with Crippen LogP contribution in [0.15, 0.2) is 24.3 Å². The van der Waals surface area contributed by atoms with E-state index in [1.165, 1.54) is 18.4 Å². The fraction of sp³-hybridized carbons (Fsp3) is 0.647. The third kappa shape index (κ3) is 4.44. The molecule has 1 unspecified atom stereocenters. The Bertz CT molecular complexity index is 404. The molecule has 0 aliphatic carbocycles. The summed E-state index contributed by atoms with van der Waals surface area (Å²) in [6, 6.07) is 9.80. The van der Waals surface area contributed by atoms with Gasteiger partial charge in [0, 0.05) is 25.8 Å². The Morgan fingerprint density at radius 1 is 1.15 bits per heavy atom. The zero-order valence-corrected chi connectivity index (χ0v) is 14.4. The lowest BCUT2D eigenvalue weighted by molar-refractivity contribution is 0.0558. The van der Waals surface area contributed by atoms with Crippen molar-refractivity contribution in [3.05, 3.63) is 29.8 Å². The Kier molecular flexibility index (Phi) is 5.41. The Morgan fingerprint density at radius 2 is 1.75 bits per heavy atom. The number of benzene rings is 1. The Hall–Kier alpha value is -0.643. The van der Waals surface area contributed by atoms with E-state index in [-0.39, 0.29) is 0 Å². The number of ether oxygens (including phenoxy) is 1. The number of rotatable bonds is 5. The maximum Gasteiger partial charge on any atom is 0.0775 e. The molecule has 112 valence electrons. The minimum Gasteiger partial charge on any atom is -0.381 e. The van der Waals surface area contributed by atoms with Crippen molar-refractivity contribution in [2.45, 2.75) is 52.0 Å². The normalized spacial score (nSPS) is 19.0. The summed E-state index contributed by atoms with van der Waals surface area (Å²) in [4.78, 5) is 0. The van der Waals surface area contributed by atoms with Crippen molar-refractivity contribution in [3.8, 4) is 0 Å². The van der Waals surface area contributed by atoms with Crippen molar-refractivity contribution in [3.63, 3.8) is 0 Å². The molecule has 0 bridgehead atoms. The van der Waals surface area contributed by atoms with E-state index in [0.717, 1.165) is 25.7 Å². The van der Waals surface area contributed by atoms with Crippen LogP contribution in [-0.2, 0) is 11.3 Å². The van der Waals surface area contributed by atoms with E-state index in [1.54, 1.807) is 5.19 Å². The van der Waals surface area contributed by atoms with Gasteiger partial charge in [0.2, 0.25) is 0 Å². The van der Waals surface area contributed by atoms with Gasteiger partial charge >= 0.3 is 0 Å². The van der Waals surface area contributed by atoms with Crippen LogP contribution < -0.4 is 10.5 Å². The molecule has 0 amide bonds. The van der Waals surface area contributed by atoms with Crippen molar-refractivity contribution in [1.82, 2.24) is 5.32 Å². The summed E-state index contributed by atoms with van der Waals surface area (Å²) in [5.74, 6) is 0.769. The summed E-state index contributed by atoms with van der Waals surface area (Å²) in [6.45, 7) is 12.3. The van der Waals surface area contributed by atoms with Gasteiger partial charge in [-0.15, -0.1) is 0 Å². The minimum atomic E-state index is -1.16. The molecule has 2 nitrogen and oxygen atoms in total. The van der Waals surface area contributed by atoms with Crippen LogP contribution in [0, 0.1) is 5.92 Å². The van der Waals surface area contributed by atoms with Crippen LogP contribution in [-0.4, -0.2) is 27.3 Å². The lowest BCUT2D eigenvalue weighted by Gasteiger charge is -2.28. The first-order chi connectivity index (χ1) is 9.47. The minimum absolute atomic E-state index is 0.579. The highest BCUT2D eigenvalue weighted by atomic mass is 28.3. The second-order valence-electron chi connectivity index (χ2n) is 7.07. The highest BCUT2D eigenvalue weighted by Gasteiger charge is 2.20. The molecule has 2 rings (SSSR count). The van der Waals surface area contributed by atoms with Gasteiger partial charge in [-0.2, -0.15) is 0 Å². The van der Waals surface area contributed by atoms with Gasteiger partial charge in [-0.1, -0.05) is 49.1 Å². The first kappa shape index (κ1) is 15.7. The largest absolute Gasteiger partial charge is 0.381 e. The maximum absolute atomic E-state index is 5.43. The van der Waals surface area contributed by atoms with Crippen LogP contribution in [0.5, 0.6) is 0 Å². The molecule has 1 aromatic rings.